The Morgan fingerprint density at radius 1 is 1.09 bits per heavy atom. The summed E-state index contributed by atoms with van der Waals surface area (Å²) in [6, 6.07) is 11.5. The zero-order valence-electron chi connectivity index (χ0n) is 18.7. The Bertz CT molecular complexity index is 925. The fraction of sp³-hybridized carbons (Fsp3) is 0.480. The summed E-state index contributed by atoms with van der Waals surface area (Å²) >= 11 is 0. The van der Waals surface area contributed by atoms with Gasteiger partial charge >= 0.3 is 0 Å². The second-order valence-electron chi connectivity index (χ2n) is 8.37. The molecule has 2 aliphatic heterocycles. The summed E-state index contributed by atoms with van der Waals surface area (Å²) in [5.41, 5.74) is 2.60. The zero-order chi connectivity index (χ0) is 22.3. The first-order valence-electron chi connectivity index (χ1n) is 11.4. The van der Waals surface area contributed by atoms with Crippen LogP contribution in [0.1, 0.15) is 46.8 Å². The van der Waals surface area contributed by atoms with E-state index in [1.165, 1.54) is 0 Å². The summed E-state index contributed by atoms with van der Waals surface area (Å²) in [5, 5.41) is 0. The molecule has 0 bridgehead atoms. The molecule has 4 rings (SSSR count). The summed E-state index contributed by atoms with van der Waals surface area (Å²) in [6.07, 6.45) is 4.77. The molecule has 2 saturated heterocycles. The normalized spacial score (nSPS) is 19.0. The van der Waals surface area contributed by atoms with E-state index in [9.17, 15) is 9.59 Å². The van der Waals surface area contributed by atoms with Crippen LogP contribution in [-0.2, 0) is 16.0 Å². The summed E-state index contributed by atoms with van der Waals surface area (Å²) in [7, 11) is 1.65. The third kappa shape index (κ3) is 5.27. The van der Waals surface area contributed by atoms with Gasteiger partial charge in [0.1, 0.15) is 5.75 Å². The van der Waals surface area contributed by atoms with Gasteiger partial charge in [0.2, 0.25) is 5.91 Å². The number of hydrogen-bond acceptors (Lipinski definition) is 5. The molecule has 1 aromatic carbocycles. The van der Waals surface area contributed by atoms with Crippen LogP contribution in [0.4, 0.5) is 0 Å². The molecule has 0 unspecified atom stereocenters. The van der Waals surface area contributed by atoms with Crippen molar-refractivity contribution in [1.82, 2.24) is 14.8 Å². The lowest BCUT2D eigenvalue weighted by Gasteiger charge is -2.34. The van der Waals surface area contributed by atoms with Crippen LogP contribution in [0.25, 0.3) is 0 Å². The number of carbonyl (C=O) groups excluding carboxylic acids is 2. The molecule has 0 saturated carbocycles. The van der Waals surface area contributed by atoms with E-state index in [1.54, 1.807) is 13.3 Å². The molecule has 7 nitrogen and oxygen atoms in total. The second-order valence-corrected chi connectivity index (χ2v) is 8.37. The van der Waals surface area contributed by atoms with Crippen molar-refractivity contribution in [2.75, 3.05) is 46.5 Å². The Labute approximate surface area is 189 Å². The van der Waals surface area contributed by atoms with Crippen molar-refractivity contribution in [2.45, 2.75) is 31.6 Å². The van der Waals surface area contributed by atoms with Gasteiger partial charge in [-0.05, 0) is 49.1 Å². The van der Waals surface area contributed by atoms with Crippen LogP contribution in [-0.4, -0.2) is 73.1 Å². The number of ether oxygens (including phenoxy) is 2. The van der Waals surface area contributed by atoms with Gasteiger partial charge in [0, 0.05) is 44.7 Å². The van der Waals surface area contributed by atoms with E-state index in [0.29, 0.717) is 51.3 Å². The number of pyridine rings is 1. The van der Waals surface area contributed by atoms with E-state index in [4.69, 9.17) is 9.47 Å². The number of benzene rings is 1. The smallest absolute Gasteiger partial charge is 0.255 e. The van der Waals surface area contributed by atoms with E-state index >= 15 is 0 Å². The number of nitrogens with zero attached hydrogens (tertiary/aromatic N) is 3. The minimum Gasteiger partial charge on any atom is -0.497 e. The highest BCUT2D eigenvalue weighted by molar-refractivity contribution is 5.95. The van der Waals surface area contributed by atoms with Gasteiger partial charge in [-0.25, -0.2) is 0 Å². The Kier molecular flexibility index (Phi) is 7.37. The summed E-state index contributed by atoms with van der Waals surface area (Å²) in [6.45, 7) is 3.73. The lowest BCUT2D eigenvalue weighted by Crippen LogP contribution is -2.42. The molecule has 32 heavy (non-hydrogen) atoms. The van der Waals surface area contributed by atoms with Crippen LogP contribution in [0.5, 0.6) is 5.75 Å². The first kappa shape index (κ1) is 22.3. The molecular formula is C25H31N3O4. The van der Waals surface area contributed by atoms with Crippen molar-refractivity contribution >= 4 is 11.8 Å². The average molecular weight is 438 g/mol. The molecule has 170 valence electrons. The first-order valence-corrected chi connectivity index (χ1v) is 11.4. The monoisotopic (exact) mass is 437 g/mol. The minimum absolute atomic E-state index is 0.0133. The van der Waals surface area contributed by atoms with Crippen LogP contribution in [0.15, 0.2) is 42.6 Å². The summed E-state index contributed by atoms with van der Waals surface area (Å²) in [4.78, 5) is 34.4. The maximum atomic E-state index is 13.1. The van der Waals surface area contributed by atoms with Crippen molar-refractivity contribution in [3.05, 3.63) is 59.4 Å². The number of aromatic nitrogens is 1. The van der Waals surface area contributed by atoms with Crippen LogP contribution in [0.2, 0.25) is 0 Å². The fourth-order valence-corrected chi connectivity index (χ4v) is 4.49. The molecule has 2 amide bonds. The molecule has 1 aromatic heterocycles. The van der Waals surface area contributed by atoms with Crippen molar-refractivity contribution in [3.63, 3.8) is 0 Å². The summed E-state index contributed by atoms with van der Waals surface area (Å²) < 4.78 is 10.6. The highest BCUT2D eigenvalue weighted by Crippen LogP contribution is 2.29. The third-order valence-electron chi connectivity index (χ3n) is 6.31. The van der Waals surface area contributed by atoms with E-state index in [1.807, 2.05) is 46.2 Å². The van der Waals surface area contributed by atoms with Gasteiger partial charge in [-0.1, -0.05) is 12.1 Å². The van der Waals surface area contributed by atoms with E-state index in [-0.39, 0.29) is 17.7 Å². The molecule has 0 radical (unpaired) electrons. The standard InChI is InChI=1S/C25H31N3O4/c1-31-21-9-6-19(7-10-21)8-11-23(29)28-13-3-4-20(18-28)24-22(5-2-12-26-24)25(30)27-14-16-32-17-15-27/h2,5-7,9-10,12,20H,3-4,8,11,13-18H2,1H3/t20-/m1/s1. The van der Waals surface area contributed by atoms with Crippen LogP contribution >= 0.6 is 0 Å². The number of aryl methyl sites for hydroxylation is 1. The quantitative estimate of drug-likeness (QED) is 0.695. The Morgan fingerprint density at radius 3 is 2.62 bits per heavy atom. The molecule has 1 atom stereocenters. The van der Waals surface area contributed by atoms with E-state index in [2.05, 4.69) is 4.98 Å². The molecule has 0 aliphatic carbocycles. The van der Waals surface area contributed by atoms with Crippen LogP contribution in [0.3, 0.4) is 0 Å². The Balaban J connectivity index is 1.40. The lowest BCUT2D eigenvalue weighted by atomic mass is 9.90. The molecule has 3 heterocycles. The van der Waals surface area contributed by atoms with Gasteiger partial charge in [-0.3, -0.25) is 14.6 Å². The minimum atomic E-state index is 0.0133. The van der Waals surface area contributed by atoms with E-state index < -0.39 is 0 Å². The molecule has 7 heteroatoms. The lowest BCUT2D eigenvalue weighted by molar-refractivity contribution is -0.132. The molecule has 0 N–H and O–H groups in total. The highest BCUT2D eigenvalue weighted by atomic mass is 16.5. The topological polar surface area (TPSA) is 72.0 Å². The predicted octanol–water partition coefficient (Wildman–Crippen LogP) is 2.90. The molecule has 2 fully saturated rings. The average Bonchev–Trinajstić information content (AvgIpc) is 2.87. The number of hydrogen-bond donors (Lipinski definition) is 0. The SMILES string of the molecule is COc1ccc(CCC(=O)N2CCC[C@@H](c3ncccc3C(=O)N3CCOCC3)C2)cc1. The Hall–Kier alpha value is -2.93. The molecule has 2 aromatic rings. The van der Waals surface area contributed by atoms with E-state index in [0.717, 1.165) is 36.4 Å². The second kappa shape index (κ2) is 10.6. The summed E-state index contributed by atoms with van der Waals surface area (Å²) in [5.74, 6) is 1.06. The van der Waals surface area contributed by atoms with Gasteiger partial charge < -0.3 is 19.3 Å². The number of morpholine rings is 1. The number of likely N-dealkylation sites (tertiary alicyclic amines) is 1. The first-order chi connectivity index (χ1) is 15.7. The van der Waals surface area contributed by atoms with Gasteiger partial charge in [0.25, 0.3) is 5.91 Å². The maximum absolute atomic E-state index is 13.1. The van der Waals surface area contributed by atoms with Crippen molar-refractivity contribution in [1.29, 1.82) is 0 Å². The Morgan fingerprint density at radius 2 is 1.88 bits per heavy atom. The van der Waals surface area contributed by atoms with Gasteiger partial charge in [0.05, 0.1) is 31.6 Å². The predicted molar refractivity (Wildman–Crippen MR) is 121 cm³/mol. The van der Waals surface area contributed by atoms with Crippen molar-refractivity contribution in [2.24, 2.45) is 0 Å². The number of carbonyl (C=O) groups is 2. The fourth-order valence-electron chi connectivity index (χ4n) is 4.49. The number of amides is 2. The number of piperidine rings is 1. The third-order valence-corrected chi connectivity index (χ3v) is 6.31. The molecule has 2 aliphatic rings. The van der Waals surface area contributed by atoms with Gasteiger partial charge in [-0.2, -0.15) is 0 Å². The largest absolute Gasteiger partial charge is 0.497 e. The molecular weight excluding hydrogens is 406 g/mol. The van der Waals surface area contributed by atoms with Crippen molar-refractivity contribution in [3.8, 4) is 5.75 Å². The number of rotatable bonds is 6. The zero-order valence-corrected chi connectivity index (χ0v) is 18.7. The van der Waals surface area contributed by atoms with Crippen LogP contribution in [0, 0.1) is 0 Å². The molecule has 0 spiro atoms. The van der Waals surface area contributed by atoms with Gasteiger partial charge in [-0.15, -0.1) is 0 Å². The van der Waals surface area contributed by atoms with Crippen molar-refractivity contribution < 1.29 is 19.1 Å². The van der Waals surface area contributed by atoms with Crippen LogP contribution < -0.4 is 4.74 Å². The maximum Gasteiger partial charge on any atom is 0.255 e. The van der Waals surface area contributed by atoms with Gasteiger partial charge in [0.15, 0.2) is 0 Å². The highest BCUT2D eigenvalue weighted by Gasteiger charge is 2.30. The number of methoxy groups -OCH3 is 1.